The van der Waals surface area contributed by atoms with Crippen LogP contribution in [0.2, 0.25) is 0 Å². The summed E-state index contributed by atoms with van der Waals surface area (Å²) in [6.07, 6.45) is 0. The van der Waals surface area contributed by atoms with E-state index in [9.17, 15) is 9.59 Å². The molecule has 0 saturated carbocycles. The van der Waals surface area contributed by atoms with E-state index < -0.39 is 11.9 Å². The largest absolute Gasteiger partial charge is 0.478 e. The van der Waals surface area contributed by atoms with E-state index in [4.69, 9.17) is 10.2 Å². The monoisotopic (exact) mass is 484 g/mol. The van der Waals surface area contributed by atoms with E-state index in [1.54, 1.807) is 6.92 Å². The van der Waals surface area contributed by atoms with Crippen LogP contribution in [0.1, 0.15) is 26.3 Å². The van der Waals surface area contributed by atoms with Gasteiger partial charge in [-0.2, -0.15) is 0 Å². The fourth-order valence-electron chi connectivity index (χ4n) is 4.65. The Morgan fingerprint density at radius 1 is 0.514 bits per heavy atom. The van der Waals surface area contributed by atoms with Crippen LogP contribution in [0.15, 0.2) is 115 Å². The van der Waals surface area contributed by atoms with E-state index in [1.165, 1.54) is 55.6 Å². The van der Waals surface area contributed by atoms with E-state index in [2.05, 4.69) is 97.1 Å². The van der Waals surface area contributed by atoms with Crippen LogP contribution in [0.25, 0.3) is 43.4 Å². The molecule has 2 N–H and O–H groups in total. The maximum absolute atomic E-state index is 10.6. The van der Waals surface area contributed by atoms with E-state index in [1.807, 2.05) is 0 Å². The maximum Gasteiger partial charge on any atom is 0.335 e. The van der Waals surface area contributed by atoms with Crippen molar-refractivity contribution in [1.82, 2.24) is 0 Å². The summed E-state index contributed by atoms with van der Waals surface area (Å²) in [4.78, 5) is 21.1. The zero-order chi connectivity index (χ0) is 25.9. The van der Waals surface area contributed by atoms with Crippen LogP contribution >= 0.6 is 0 Å². The zero-order valence-corrected chi connectivity index (χ0v) is 20.2. The molecule has 37 heavy (non-hydrogen) atoms. The van der Waals surface area contributed by atoms with Gasteiger partial charge in [0.2, 0.25) is 0 Å². The molecule has 0 bridgehead atoms. The fraction of sp³-hybridized carbons (Fsp3) is 0.0303. The minimum absolute atomic E-state index is 0.0111. The highest BCUT2D eigenvalue weighted by Crippen LogP contribution is 2.35. The number of fused-ring (bicyclic) bond motifs is 3. The molecule has 4 nitrogen and oxygen atoms in total. The van der Waals surface area contributed by atoms with E-state index >= 15 is 0 Å². The molecule has 0 atom stereocenters. The van der Waals surface area contributed by atoms with Gasteiger partial charge in [-0.25, -0.2) is 9.59 Å². The molecule has 4 heteroatoms. The Bertz CT molecular complexity index is 1790. The molecule has 0 unspecified atom stereocenters. The molecule has 0 heterocycles. The zero-order valence-electron chi connectivity index (χ0n) is 20.2. The SMILES string of the molecule is Cc1ccc(C(=O)O)cc1C(=O)O.c1ccc2cc3c(-c4cccc5ccccc45)cccc3cc2c1. The van der Waals surface area contributed by atoms with Crippen molar-refractivity contribution >= 4 is 44.3 Å². The van der Waals surface area contributed by atoms with Gasteiger partial charge in [0.05, 0.1) is 11.1 Å². The summed E-state index contributed by atoms with van der Waals surface area (Å²) < 4.78 is 0. The number of carbonyl (C=O) groups is 2. The predicted octanol–water partition coefficient (Wildman–Crippen LogP) is 8.20. The normalized spacial score (nSPS) is 10.7. The topological polar surface area (TPSA) is 74.6 Å². The van der Waals surface area contributed by atoms with E-state index in [-0.39, 0.29) is 11.1 Å². The molecule has 6 aromatic rings. The first-order valence-corrected chi connectivity index (χ1v) is 11.9. The Labute approximate surface area is 214 Å². The third-order valence-corrected chi connectivity index (χ3v) is 6.54. The van der Waals surface area contributed by atoms with Crippen molar-refractivity contribution in [2.45, 2.75) is 6.92 Å². The number of rotatable bonds is 3. The van der Waals surface area contributed by atoms with Crippen molar-refractivity contribution in [3.63, 3.8) is 0 Å². The highest BCUT2D eigenvalue weighted by Gasteiger charge is 2.11. The number of carboxylic acids is 2. The van der Waals surface area contributed by atoms with Gasteiger partial charge in [-0.3, -0.25) is 0 Å². The minimum atomic E-state index is -1.12. The third kappa shape index (κ3) is 4.78. The van der Waals surface area contributed by atoms with Gasteiger partial charge >= 0.3 is 11.9 Å². The number of hydrogen-bond donors (Lipinski definition) is 2. The van der Waals surface area contributed by atoms with Crippen LogP contribution in [-0.4, -0.2) is 22.2 Å². The molecule has 0 amide bonds. The number of hydrogen-bond acceptors (Lipinski definition) is 2. The Balaban J connectivity index is 0.000000184. The average Bonchev–Trinajstić information content (AvgIpc) is 2.91. The van der Waals surface area contributed by atoms with Crippen molar-refractivity contribution < 1.29 is 19.8 Å². The van der Waals surface area contributed by atoms with Crippen LogP contribution in [-0.2, 0) is 0 Å². The second-order valence-electron chi connectivity index (χ2n) is 8.89. The van der Waals surface area contributed by atoms with Crippen LogP contribution in [0.3, 0.4) is 0 Å². The summed E-state index contributed by atoms with van der Waals surface area (Å²) in [6, 6.07) is 39.0. The second kappa shape index (κ2) is 9.96. The smallest absolute Gasteiger partial charge is 0.335 e. The Morgan fingerprint density at radius 2 is 1.08 bits per heavy atom. The lowest BCUT2D eigenvalue weighted by Gasteiger charge is -2.11. The van der Waals surface area contributed by atoms with Gasteiger partial charge in [-0.1, -0.05) is 91.0 Å². The van der Waals surface area contributed by atoms with Crippen molar-refractivity contribution in [3.8, 4) is 11.1 Å². The number of aryl methyl sites for hydroxylation is 1. The molecule has 0 aliphatic rings. The standard InChI is InChI=1S/C24H16.C9H8O4/c1-2-9-19-16-24-20(15-18(19)8-1)11-6-14-23(24)22-13-5-10-17-7-3-4-12-21(17)22;1-5-2-3-6(8(10)11)4-7(5)9(12)13/h1-16H;2-4H,1H3,(H,10,11)(H,12,13). The van der Waals surface area contributed by atoms with Crippen LogP contribution < -0.4 is 0 Å². The highest BCUT2D eigenvalue weighted by atomic mass is 16.4. The molecule has 0 fully saturated rings. The number of benzene rings is 6. The Kier molecular flexibility index (Phi) is 6.40. The molecular weight excluding hydrogens is 460 g/mol. The minimum Gasteiger partial charge on any atom is -0.478 e. The quantitative estimate of drug-likeness (QED) is 0.248. The second-order valence-corrected chi connectivity index (χ2v) is 8.89. The molecule has 0 aliphatic carbocycles. The number of carboxylic acid groups (broad SMARTS) is 2. The number of aromatic carboxylic acids is 2. The van der Waals surface area contributed by atoms with Crippen molar-refractivity contribution in [2.24, 2.45) is 0 Å². The van der Waals surface area contributed by atoms with Crippen LogP contribution in [0.5, 0.6) is 0 Å². The predicted molar refractivity (Wildman–Crippen MR) is 149 cm³/mol. The first kappa shape index (κ1) is 23.8. The Hall–Kier alpha value is -4.96. The van der Waals surface area contributed by atoms with Gasteiger partial charge < -0.3 is 10.2 Å². The van der Waals surface area contributed by atoms with Crippen LogP contribution in [0.4, 0.5) is 0 Å². The fourth-order valence-corrected chi connectivity index (χ4v) is 4.65. The first-order chi connectivity index (χ1) is 17.9. The summed E-state index contributed by atoms with van der Waals surface area (Å²) in [7, 11) is 0. The highest BCUT2D eigenvalue weighted by molar-refractivity contribution is 6.09. The summed E-state index contributed by atoms with van der Waals surface area (Å²) in [5.41, 5.74) is 3.17. The first-order valence-electron chi connectivity index (χ1n) is 11.9. The molecule has 0 radical (unpaired) electrons. The summed E-state index contributed by atoms with van der Waals surface area (Å²) in [5.74, 6) is -2.23. The van der Waals surface area contributed by atoms with Crippen molar-refractivity contribution in [3.05, 3.63) is 132 Å². The van der Waals surface area contributed by atoms with Gasteiger partial charge in [0.15, 0.2) is 0 Å². The van der Waals surface area contributed by atoms with Gasteiger partial charge in [0, 0.05) is 0 Å². The van der Waals surface area contributed by atoms with Gasteiger partial charge in [0.25, 0.3) is 0 Å². The molecule has 0 spiro atoms. The van der Waals surface area contributed by atoms with E-state index in [0.29, 0.717) is 5.56 Å². The lowest BCUT2D eigenvalue weighted by molar-refractivity contribution is 0.0695. The molecule has 6 rings (SSSR count). The van der Waals surface area contributed by atoms with Crippen molar-refractivity contribution in [1.29, 1.82) is 0 Å². The maximum atomic E-state index is 10.6. The molecule has 0 aliphatic heterocycles. The lowest BCUT2D eigenvalue weighted by Crippen LogP contribution is -2.03. The summed E-state index contributed by atoms with van der Waals surface area (Å²) in [5, 5.41) is 25.0. The van der Waals surface area contributed by atoms with Gasteiger partial charge in [0.1, 0.15) is 0 Å². The third-order valence-electron chi connectivity index (χ3n) is 6.54. The summed E-state index contributed by atoms with van der Waals surface area (Å²) >= 11 is 0. The Morgan fingerprint density at radius 3 is 1.76 bits per heavy atom. The van der Waals surface area contributed by atoms with Crippen LogP contribution in [0, 0.1) is 6.92 Å². The lowest BCUT2D eigenvalue weighted by atomic mass is 9.92. The van der Waals surface area contributed by atoms with E-state index in [0.717, 1.165) is 6.07 Å². The molecule has 0 aromatic heterocycles. The van der Waals surface area contributed by atoms with Crippen molar-refractivity contribution in [2.75, 3.05) is 0 Å². The molecular formula is C33H24O4. The van der Waals surface area contributed by atoms with Gasteiger partial charge in [-0.05, 0) is 80.2 Å². The molecule has 180 valence electrons. The van der Waals surface area contributed by atoms with Gasteiger partial charge in [-0.15, -0.1) is 0 Å². The molecule has 0 saturated heterocycles. The molecule has 6 aromatic carbocycles. The average molecular weight is 485 g/mol. The summed E-state index contributed by atoms with van der Waals surface area (Å²) in [6.45, 7) is 1.62.